The van der Waals surface area contributed by atoms with Gasteiger partial charge in [0.05, 0.1) is 19.3 Å². The van der Waals surface area contributed by atoms with Crippen LogP contribution >= 0.6 is 0 Å². The van der Waals surface area contributed by atoms with E-state index in [4.69, 9.17) is 9.72 Å². The number of pyridine rings is 1. The second kappa shape index (κ2) is 11.5. The van der Waals surface area contributed by atoms with Crippen molar-refractivity contribution in [3.63, 3.8) is 0 Å². The zero-order valence-electron chi connectivity index (χ0n) is 23.1. The fourth-order valence-electron chi connectivity index (χ4n) is 5.93. The number of hydrogen-bond acceptors (Lipinski definition) is 6. The van der Waals surface area contributed by atoms with Crippen LogP contribution in [0.25, 0.3) is 11.1 Å². The molecule has 2 amide bonds. The Kier molecular flexibility index (Phi) is 8.09. The molecule has 1 saturated carbocycles. The van der Waals surface area contributed by atoms with E-state index in [1.54, 1.807) is 0 Å². The zero-order valence-corrected chi connectivity index (χ0v) is 23.1. The molecule has 3 heterocycles. The summed E-state index contributed by atoms with van der Waals surface area (Å²) in [7, 11) is 0. The number of nitrogens with one attached hydrogen (secondary N) is 2. The summed E-state index contributed by atoms with van der Waals surface area (Å²) in [4.78, 5) is 22.2. The molecule has 5 rings (SSSR count). The molecule has 8 nitrogen and oxygen atoms in total. The average molecular weight is 522 g/mol. The molecule has 2 saturated heterocycles. The molecule has 2 aromatic rings. The van der Waals surface area contributed by atoms with Crippen LogP contribution in [-0.4, -0.2) is 72.1 Å². The Morgan fingerprint density at radius 1 is 1.13 bits per heavy atom. The van der Waals surface area contributed by atoms with Crippen molar-refractivity contribution in [2.45, 2.75) is 70.9 Å². The summed E-state index contributed by atoms with van der Waals surface area (Å²) in [5.41, 5.74) is 4.00. The van der Waals surface area contributed by atoms with Gasteiger partial charge >= 0.3 is 6.03 Å². The average Bonchev–Trinajstić information content (AvgIpc) is 3.42. The lowest BCUT2D eigenvalue weighted by Crippen LogP contribution is -2.41. The number of likely N-dealkylation sites (tertiary alicyclic amines) is 1. The number of amides is 2. The van der Waals surface area contributed by atoms with Crippen molar-refractivity contribution in [3.05, 3.63) is 35.9 Å². The first-order chi connectivity index (χ1) is 18.3. The summed E-state index contributed by atoms with van der Waals surface area (Å²) in [5, 5.41) is 16.9. The number of morpholine rings is 1. The number of hydrogen-bond donors (Lipinski definition) is 3. The van der Waals surface area contributed by atoms with Crippen LogP contribution in [0.15, 0.2) is 30.3 Å². The number of urea groups is 1. The van der Waals surface area contributed by atoms with Gasteiger partial charge in [-0.2, -0.15) is 0 Å². The fraction of sp³-hybridized carbons (Fsp3) is 0.600. The molecule has 1 aliphatic carbocycles. The van der Waals surface area contributed by atoms with Crippen molar-refractivity contribution in [1.82, 2.24) is 9.88 Å². The number of carbonyl (C=O) groups excluding carboxylic acids is 1. The van der Waals surface area contributed by atoms with Crippen LogP contribution in [0, 0.1) is 12.8 Å². The highest BCUT2D eigenvalue weighted by Gasteiger charge is 2.31. The Hall–Kier alpha value is -2.84. The SMILES string of the molecule is CC[C@@H]1CCN(C(=O)Nc2ccc(C)c(-c3cc(N[C@]4(C)CC[C@@H](O)CC4)nc(N4CCOCC4)c3)c2)C1. The monoisotopic (exact) mass is 521 g/mol. The number of aliphatic hydroxyl groups excluding tert-OH is 1. The van der Waals surface area contributed by atoms with Gasteiger partial charge in [-0.25, -0.2) is 9.78 Å². The first kappa shape index (κ1) is 26.8. The van der Waals surface area contributed by atoms with Crippen LogP contribution in [0.1, 0.15) is 57.9 Å². The van der Waals surface area contributed by atoms with Crippen LogP contribution < -0.4 is 15.5 Å². The van der Waals surface area contributed by atoms with Crippen molar-refractivity contribution < 1.29 is 14.6 Å². The van der Waals surface area contributed by atoms with E-state index >= 15 is 0 Å². The molecule has 38 heavy (non-hydrogen) atoms. The summed E-state index contributed by atoms with van der Waals surface area (Å²) >= 11 is 0. The van der Waals surface area contributed by atoms with Crippen molar-refractivity contribution >= 4 is 23.4 Å². The third-order valence-electron chi connectivity index (χ3n) is 8.59. The quantitative estimate of drug-likeness (QED) is 0.480. The van der Waals surface area contributed by atoms with E-state index in [1.807, 2.05) is 11.0 Å². The Balaban J connectivity index is 1.43. The van der Waals surface area contributed by atoms with Gasteiger partial charge in [0.2, 0.25) is 0 Å². The fourth-order valence-corrected chi connectivity index (χ4v) is 5.93. The van der Waals surface area contributed by atoms with Gasteiger partial charge in [-0.05, 0) is 92.8 Å². The second-order valence-electron chi connectivity index (χ2n) is 11.6. The Labute approximate surface area is 226 Å². The van der Waals surface area contributed by atoms with E-state index in [0.717, 1.165) is 98.7 Å². The molecule has 1 atom stereocenters. The standard InChI is InChI=1S/C30H43N5O3/c1-4-22-9-12-35(20-22)29(37)31-24-6-5-21(2)26(19-24)23-17-27(33-30(3)10-7-25(36)8-11-30)32-28(18-23)34-13-15-38-16-14-34/h5-6,17-19,22,25,36H,4,7-16,20H2,1-3H3,(H,31,37)(H,32,33)/t22-,25-,30-/m1/s1. The van der Waals surface area contributed by atoms with E-state index in [0.29, 0.717) is 19.1 Å². The largest absolute Gasteiger partial charge is 0.393 e. The summed E-state index contributed by atoms with van der Waals surface area (Å²) in [5.74, 6) is 2.38. The predicted octanol–water partition coefficient (Wildman–Crippen LogP) is 5.26. The van der Waals surface area contributed by atoms with Gasteiger partial charge < -0.3 is 30.3 Å². The number of rotatable bonds is 6. The molecule has 0 spiro atoms. The van der Waals surface area contributed by atoms with Gasteiger partial charge in [0.15, 0.2) is 0 Å². The minimum Gasteiger partial charge on any atom is -0.393 e. The molecular weight excluding hydrogens is 478 g/mol. The minimum atomic E-state index is -0.206. The number of aliphatic hydroxyl groups is 1. The van der Waals surface area contributed by atoms with E-state index in [2.05, 4.69) is 60.6 Å². The molecule has 0 unspecified atom stereocenters. The first-order valence-corrected chi connectivity index (χ1v) is 14.3. The lowest BCUT2D eigenvalue weighted by molar-refractivity contribution is 0.108. The molecule has 8 heteroatoms. The Bertz CT molecular complexity index is 1120. The maximum Gasteiger partial charge on any atom is 0.321 e. The number of aryl methyl sites for hydroxylation is 1. The lowest BCUT2D eigenvalue weighted by Gasteiger charge is -2.37. The van der Waals surface area contributed by atoms with E-state index < -0.39 is 0 Å². The Morgan fingerprint density at radius 3 is 2.61 bits per heavy atom. The molecule has 3 aliphatic rings. The van der Waals surface area contributed by atoms with Gasteiger partial charge in [-0.15, -0.1) is 0 Å². The normalized spacial score (nSPS) is 25.9. The maximum absolute atomic E-state index is 13.0. The van der Waals surface area contributed by atoms with Crippen molar-refractivity contribution in [3.8, 4) is 11.1 Å². The molecule has 2 aliphatic heterocycles. The van der Waals surface area contributed by atoms with Gasteiger partial charge in [0.25, 0.3) is 0 Å². The highest BCUT2D eigenvalue weighted by molar-refractivity contribution is 5.91. The van der Waals surface area contributed by atoms with Crippen LogP contribution in [0.3, 0.4) is 0 Å². The molecule has 1 aromatic carbocycles. The Morgan fingerprint density at radius 2 is 1.89 bits per heavy atom. The molecule has 0 radical (unpaired) electrons. The first-order valence-electron chi connectivity index (χ1n) is 14.3. The summed E-state index contributed by atoms with van der Waals surface area (Å²) in [6.45, 7) is 11.2. The third kappa shape index (κ3) is 6.24. The summed E-state index contributed by atoms with van der Waals surface area (Å²) < 4.78 is 5.59. The van der Waals surface area contributed by atoms with Crippen molar-refractivity contribution in [1.29, 1.82) is 0 Å². The molecule has 3 fully saturated rings. The number of benzene rings is 1. The van der Waals surface area contributed by atoms with Crippen LogP contribution in [0.5, 0.6) is 0 Å². The number of carbonyl (C=O) groups is 1. The predicted molar refractivity (Wildman–Crippen MR) is 153 cm³/mol. The molecule has 1 aromatic heterocycles. The number of aromatic nitrogens is 1. The smallest absolute Gasteiger partial charge is 0.321 e. The maximum atomic E-state index is 13.0. The molecular formula is C30H43N5O3. The molecule has 0 bridgehead atoms. The highest BCUT2D eigenvalue weighted by atomic mass is 16.5. The minimum absolute atomic E-state index is 0.0192. The van der Waals surface area contributed by atoms with Crippen LogP contribution in [0.2, 0.25) is 0 Å². The lowest BCUT2D eigenvalue weighted by atomic mass is 9.82. The molecule has 3 N–H and O–H groups in total. The second-order valence-corrected chi connectivity index (χ2v) is 11.6. The third-order valence-corrected chi connectivity index (χ3v) is 8.59. The number of anilines is 3. The van der Waals surface area contributed by atoms with Crippen LogP contribution in [-0.2, 0) is 4.74 Å². The van der Waals surface area contributed by atoms with Crippen molar-refractivity contribution in [2.24, 2.45) is 5.92 Å². The number of nitrogens with zero attached hydrogens (tertiary/aromatic N) is 3. The van der Waals surface area contributed by atoms with Gasteiger partial charge in [-0.3, -0.25) is 0 Å². The van der Waals surface area contributed by atoms with Gasteiger partial charge in [0.1, 0.15) is 11.6 Å². The summed E-state index contributed by atoms with van der Waals surface area (Å²) in [6.07, 6.45) is 5.40. The van der Waals surface area contributed by atoms with E-state index in [9.17, 15) is 9.90 Å². The van der Waals surface area contributed by atoms with Crippen LogP contribution in [0.4, 0.5) is 22.1 Å². The van der Waals surface area contributed by atoms with E-state index in [1.165, 1.54) is 0 Å². The van der Waals surface area contributed by atoms with Gasteiger partial charge in [0, 0.05) is 37.4 Å². The number of ether oxygens (including phenoxy) is 1. The van der Waals surface area contributed by atoms with E-state index in [-0.39, 0.29) is 17.7 Å². The topological polar surface area (TPSA) is 90.0 Å². The molecule has 206 valence electrons. The summed E-state index contributed by atoms with van der Waals surface area (Å²) in [6, 6.07) is 10.4. The van der Waals surface area contributed by atoms with Gasteiger partial charge in [-0.1, -0.05) is 19.4 Å². The highest BCUT2D eigenvalue weighted by Crippen LogP contribution is 2.35. The van der Waals surface area contributed by atoms with Crippen molar-refractivity contribution in [2.75, 3.05) is 54.9 Å². The zero-order chi connectivity index (χ0) is 26.7.